The fourth-order valence-electron chi connectivity index (χ4n) is 3.72. The average Bonchev–Trinajstić information content (AvgIpc) is 3.03. The number of amides is 2. The molecule has 33 heavy (non-hydrogen) atoms. The summed E-state index contributed by atoms with van der Waals surface area (Å²) in [5, 5.41) is 4.45. The van der Waals surface area contributed by atoms with Crippen LogP contribution in [-0.2, 0) is 16.0 Å². The second kappa shape index (κ2) is 10.3. The van der Waals surface area contributed by atoms with Gasteiger partial charge in [-0.15, -0.1) is 0 Å². The third kappa shape index (κ3) is 5.53. The van der Waals surface area contributed by atoms with Crippen molar-refractivity contribution in [1.82, 2.24) is 4.90 Å². The summed E-state index contributed by atoms with van der Waals surface area (Å²) in [6.07, 6.45) is 0.633. The normalized spacial score (nSPS) is 15.8. The zero-order valence-electron chi connectivity index (χ0n) is 17.6. The third-order valence-corrected chi connectivity index (χ3v) is 6.32. The minimum absolute atomic E-state index is 0.0153. The fraction of sp³-hybridized carbons (Fsp3) is 0.160. The van der Waals surface area contributed by atoms with E-state index in [9.17, 15) is 9.59 Å². The zero-order chi connectivity index (χ0) is 23.4. The molecule has 2 amide bonds. The van der Waals surface area contributed by atoms with Crippen LogP contribution in [0.4, 0.5) is 11.4 Å². The summed E-state index contributed by atoms with van der Waals surface area (Å²) in [5.41, 5.74) is 2.36. The zero-order valence-corrected chi connectivity index (χ0v) is 19.9. The monoisotopic (exact) mass is 497 g/mol. The molecule has 168 valence electrons. The van der Waals surface area contributed by atoms with E-state index < -0.39 is 6.04 Å². The van der Waals surface area contributed by atoms with Gasteiger partial charge >= 0.3 is 0 Å². The molecule has 0 aliphatic carbocycles. The lowest BCUT2D eigenvalue weighted by Crippen LogP contribution is -2.39. The van der Waals surface area contributed by atoms with E-state index >= 15 is 0 Å². The molecule has 1 unspecified atom stereocenters. The molecule has 1 aliphatic heterocycles. The Hall–Kier alpha value is -2.93. The Morgan fingerprint density at radius 2 is 1.52 bits per heavy atom. The maximum absolute atomic E-state index is 13.4. The molecular weight excluding hydrogens is 477 g/mol. The molecule has 1 fully saturated rings. The van der Waals surface area contributed by atoms with Crippen LogP contribution in [-0.4, -0.2) is 34.4 Å². The van der Waals surface area contributed by atoms with Gasteiger partial charge in [-0.25, -0.2) is 0 Å². The maximum atomic E-state index is 13.4. The Balaban J connectivity index is 1.55. The summed E-state index contributed by atoms with van der Waals surface area (Å²) in [4.78, 5) is 29.5. The minimum Gasteiger partial charge on any atom is -0.336 e. The van der Waals surface area contributed by atoms with Crippen molar-refractivity contribution in [2.24, 2.45) is 0 Å². The first-order valence-corrected chi connectivity index (χ1v) is 11.6. The van der Waals surface area contributed by atoms with Gasteiger partial charge in [-0.3, -0.25) is 14.5 Å². The number of hydrogen-bond acceptors (Lipinski definition) is 3. The van der Waals surface area contributed by atoms with Crippen LogP contribution in [0, 0.1) is 0 Å². The second-order valence-corrected chi connectivity index (χ2v) is 8.87. The lowest BCUT2D eigenvalue weighted by molar-refractivity contribution is -0.124. The number of nitrogens with zero attached hydrogens (tertiary/aromatic N) is 2. The first-order chi connectivity index (χ1) is 15.9. The average molecular weight is 498 g/mol. The topological polar surface area (TPSA) is 52.7 Å². The van der Waals surface area contributed by atoms with Gasteiger partial charge in [0.2, 0.25) is 5.91 Å². The number of para-hydroxylation sites is 1. The standard InChI is InChI=1S/C25H21Cl2N3O2S/c26-18-8-6-17(7-9-18)14-15-29-22(16-23(31)28-20-4-2-1-3-5-20)24(32)30(25(29)33)21-12-10-19(27)11-13-21/h1-13,22H,14-16H2,(H,28,31). The van der Waals surface area contributed by atoms with Crippen LogP contribution >= 0.6 is 35.4 Å². The first-order valence-electron chi connectivity index (χ1n) is 10.4. The summed E-state index contributed by atoms with van der Waals surface area (Å²) >= 11 is 17.7. The number of thiocarbonyl (C=S) groups is 1. The lowest BCUT2D eigenvalue weighted by atomic mass is 10.1. The molecule has 1 saturated heterocycles. The molecule has 4 rings (SSSR count). The van der Waals surface area contributed by atoms with Crippen molar-refractivity contribution in [3.8, 4) is 0 Å². The molecule has 3 aromatic carbocycles. The lowest BCUT2D eigenvalue weighted by Gasteiger charge is -2.24. The molecule has 3 aromatic rings. The van der Waals surface area contributed by atoms with Crippen LogP contribution in [0.2, 0.25) is 10.0 Å². The van der Waals surface area contributed by atoms with E-state index in [4.69, 9.17) is 35.4 Å². The number of halogens is 2. The summed E-state index contributed by atoms with van der Waals surface area (Å²) < 4.78 is 0. The van der Waals surface area contributed by atoms with E-state index in [0.29, 0.717) is 39.5 Å². The molecular formula is C25H21Cl2N3O2S. The van der Waals surface area contributed by atoms with E-state index in [2.05, 4.69) is 5.32 Å². The van der Waals surface area contributed by atoms with Gasteiger partial charge in [-0.05, 0) is 72.7 Å². The second-order valence-electron chi connectivity index (χ2n) is 7.64. The van der Waals surface area contributed by atoms with Crippen molar-refractivity contribution < 1.29 is 9.59 Å². The molecule has 0 bridgehead atoms. The number of rotatable bonds is 7. The van der Waals surface area contributed by atoms with Crippen molar-refractivity contribution >= 4 is 63.7 Å². The van der Waals surface area contributed by atoms with Crippen LogP contribution < -0.4 is 10.2 Å². The Kier molecular flexibility index (Phi) is 7.28. The molecule has 1 atom stereocenters. The van der Waals surface area contributed by atoms with E-state index in [-0.39, 0.29) is 18.2 Å². The van der Waals surface area contributed by atoms with Crippen molar-refractivity contribution in [2.75, 3.05) is 16.8 Å². The molecule has 5 nitrogen and oxygen atoms in total. The Labute approximate surface area is 207 Å². The van der Waals surface area contributed by atoms with Crippen molar-refractivity contribution in [3.63, 3.8) is 0 Å². The SMILES string of the molecule is O=C(CC1C(=O)N(c2ccc(Cl)cc2)C(=S)N1CCc1ccc(Cl)cc1)Nc1ccccc1. The van der Waals surface area contributed by atoms with Crippen molar-refractivity contribution in [1.29, 1.82) is 0 Å². The van der Waals surface area contributed by atoms with Crippen LogP contribution in [0.5, 0.6) is 0 Å². The van der Waals surface area contributed by atoms with Crippen LogP contribution in [0.15, 0.2) is 78.9 Å². The number of hydrogen-bond donors (Lipinski definition) is 1. The van der Waals surface area contributed by atoms with Gasteiger partial charge in [0.1, 0.15) is 6.04 Å². The third-order valence-electron chi connectivity index (χ3n) is 5.39. The quantitative estimate of drug-likeness (QED) is 0.433. The van der Waals surface area contributed by atoms with Gasteiger partial charge in [0.15, 0.2) is 5.11 Å². The van der Waals surface area contributed by atoms with Gasteiger partial charge in [-0.2, -0.15) is 0 Å². The number of benzene rings is 3. The molecule has 1 N–H and O–H groups in total. The highest BCUT2D eigenvalue weighted by Gasteiger charge is 2.43. The van der Waals surface area contributed by atoms with E-state index in [1.807, 2.05) is 47.4 Å². The minimum atomic E-state index is -0.704. The molecule has 0 saturated carbocycles. The smallest absolute Gasteiger partial charge is 0.256 e. The largest absolute Gasteiger partial charge is 0.336 e. The van der Waals surface area contributed by atoms with Crippen LogP contribution in [0.1, 0.15) is 12.0 Å². The Bertz CT molecular complexity index is 1150. The highest BCUT2D eigenvalue weighted by Crippen LogP contribution is 2.29. The Morgan fingerprint density at radius 3 is 2.15 bits per heavy atom. The van der Waals surface area contributed by atoms with Crippen LogP contribution in [0.25, 0.3) is 0 Å². The predicted molar refractivity (Wildman–Crippen MR) is 137 cm³/mol. The van der Waals surface area contributed by atoms with Gasteiger partial charge in [0, 0.05) is 22.3 Å². The highest BCUT2D eigenvalue weighted by atomic mass is 35.5. The summed E-state index contributed by atoms with van der Waals surface area (Å²) in [6.45, 7) is 0.486. The number of anilines is 2. The highest BCUT2D eigenvalue weighted by molar-refractivity contribution is 7.80. The van der Waals surface area contributed by atoms with E-state index in [0.717, 1.165) is 5.56 Å². The van der Waals surface area contributed by atoms with Gasteiger partial charge < -0.3 is 10.2 Å². The van der Waals surface area contributed by atoms with E-state index in [1.54, 1.807) is 36.4 Å². The molecule has 8 heteroatoms. The van der Waals surface area contributed by atoms with Crippen molar-refractivity contribution in [3.05, 3.63) is 94.5 Å². The molecule has 1 heterocycles. The predicted octanol–water partition coefficient (Wildman–Crippen LogP) is 5.57. The number of nitrogens with one attached hydrogen (secondary N) is 1. The summed E-state index contributed by atoms with van der Waals surface area (Å²) in [6, 6.07) is 22.9. The number of carbonyl (C=O) groups is 2. The maximum Gasteiger partial charge on any atom is 0.256 e. The molecule has 0 spiro atoms. The fourth-order valence-corrected chi connectivity index (χ4v) is 4.39. The number of carbonyl (C=O) groups excluding carboxylic acids is 2. The molecule has 1 aliphatic rings. The molecule has 0 radical (unpaired) electrons. The first kappa shape index (κ1) is 23.2. The summed E-state index contributed by atoms with van der Waals surface area (Å²) in [5.74, 6) is -0.488. The Morgan fingerprint density at radius 1 is 0.909 bits per heavy atom. The molecule has 0 aromatic heterocycles. The van der Waals surface area contributed by atoms with Gasteiger partial charge in [0.05, 0.1) is 12.1 Å². The van der Waals surface area contributed by atoms with E-state index in [1.165, 1.54) is 4.90 Å². The van der Waals surface area contributed by atoms with Gasteiger partial charge in [-0.1, -0.05) is 53.5 Å². The van der Waals surface area contributed by atoms with Gasteiger partial charge in [0.25, 0.3) is 5.91 Å². The summed E-state index contributed by atoms with van der Waals surface area (Å²) in [7, 11) is 0. The van der Waals surface area contributed by atoms with Crippen molar-refractivity contribution in [2.45, 2.75) is 18.9 Å². The van der Waals surface area contributed by atoms with Crippen LogP contribution in [0.3, 0.4) is 0 Å².